The molecule has 96 valence electrons. The SMILES string of the molecule is COc1ccc([C@@H](O)C(F)(F)F)c(Cl)c1OC. The summed E-state index contributed by atoms with van der Waals surface area (Å²) in [5.41, 5.74) is -0.475. The third kappa shape index (κ3) is 2.76. The largest absolute Gasteiger partial charge is 0.493 e. The lowest BCUT2D eigenvalue weighted by atomic mass is 10.1. The van der Waals surface area contributed by atoms with Crippen LogP contribution in [0, 0.1) is 0 Å². The van der Waals surface area contributed by atoms with E-state index in [1.54, 1.807) is 0 Å². The molecular weight excluding hydrogens is 261 g/mol. The number of aliphatic hydroxyl groups excluding tert-OH is 1. The Labute approximate surface area is 101 Å². The lowest BCUT2D eigenvalue weighted by molar-refractivity contribution is -0.206. The molecule has 1 N–H and O–H groups in total. The number of aliphatic hydroxyl groups is 1. The van der Waals surface area contributed by atoms with Crippen molar-refractivity contribution < 1.29 is 27.8 Å². The number of alkyl halides is 3. The molecular formula is C10H10ClF3O3. The molecule has 0 unspecified atom stereocenters. The maximum atomic E-state index is 12.4. The molecule has 0 aliphatic heterocycles. The van der Waals surface area contributed by atoms with E-state index in [4.69, 9.17) is 26.2 Å². The third-order valence-corrected chi connectivity index (χ3v) is 2.51. The summed E-state index contributed by atoms with van der Waals surface area (Å²) in [5, 5.41) is 8.79. The molecule has 1 aromatic rings. The number of hydrogen-bond acceptors (Lipinski definition) is 3. The number of rotatable bonds is 3. The molecule has 0 spiro atoms. The molecule has 7 heteroatoms. The molecule has 0 amide bonds. The lowest BCUT2D eigenvalue weighted by Gasteiger charge is -2.18. The second-order valence-corrected chi connectivity index (χ2v) is 3.53. The zero-order valence-corrected chi connectivity index (χ0v) is 9.76. The fourth-order valence-electron chi connectivity index (χ4n) is 1.29. The van der Waals surface area contributed by atoms with Crippen molar-refractivity contribution in [3.05, 3.63) is 22.7 Å². The standard InChI is InChI=1S/C10H10ClF3O3/c1-16-6-4-3-5(7(11)8(6)17-2)9(15)10(12,13)14/h3-4,9,15H,1-2H3/t9-/m1/s1. The van der Waals surface area contributed by atoms with Crippen LogP contribution in [0.5, 0.6) is 11.5 Å². The van der Waals surface area contributed by atoms with Crippen molar-refractivity contribution in [2.45, 2.75) is 12.3 Å². The first-order valence-corrected chi connectivity index (χ1v) is 4.85. The first kappa shape index (κ1) is 13.9. The molecule has 0 bridgehead atoms. The molecule has 1 aromatic carbocycles. The van der Waals surface area contributed by atoms with Crippen LogP contribution in [-0.2, 0) is 0 Å². The van der Waals surface area contributed by atoms with Gasteiger partial charge >= 0.3 is 6.18 Å². The third-order valence-electron chi connectivity index (χ3n) is 2.12. The van der Waals surface area contributed by atoms with Crippen molar-refractivity contribution in [1.82, 2.24) is 0 Å². The molecule has 0 heterocycles. The van der Waals surface area contributed by atoms with E-state index in [2.05, 4.69) is 0 Å². The highest BCUT2D eigenvalue weighted by Crippen LogP contribution is 2.43. The van der Waals surface area contributed by atoms with Crippen molar-refractivity contribution in [3.63, 3.8) is 0 Å². The van der Waals surface area contributed by atoms with Crippen LogP contribution in [-0.4, -0.2) is 25.5 Å². The number of methoxy groups -OCH3 is 2. The van der Waals surface area contributed by atoms with Gasteiger partial charge in [0.15, 0.2) is 17.6 Å². The average Bonchev–Trinajstić information content (AvgIpc) is 2.26. The summed E-state index contributed by atoms with van der Waals surface area (Å²) in [7, 11) is 2.57. The molecule has 0 fully saturated rings. The quantitative estimate of drug-likeness (QED) is 0.918. The minimum atomic E-state index is -4.79. The Hall–Kier alpha value is -1.14. The minimum Gasteiger partial charge on any atom is -0.493 e. The highest BCUT2D eigenvalue weighted by atomic mass is 35.5. The van der Waals surface area contributed by atoms with Gasteiger partial charge in [-0.3, -0.25) is 0 Å². The lowest BCUT2D eigenvalue weighted by Crippen LogP contribution is -2.20. The molecule has 17 heavy (non-hydrogen) atoms. The van der Waals surface area contributed by atoms with Crippen molar-refractivity contribution in [1.29, 1.82) is 0 Å². The summed E-state index contributed by atoms with van der Waals surface area (Å²) in [4.78, 5) is 0. The van der Waals surface area contributed by atoms with Gasteiger partial charge in [0.25, 0.3) is 0 Å². The zero-order chi connectivity index (χ0) is 13.2. The van der Waals surface area contributed by atoms with Crippen molar-refractivity contribution in [3.8, 4) is 11.5 Å². The van der Waals surface area contributed by atoms with Gasteiger partial charge in [-0.25, -0.2) is 0 Å². The van der Waals surface area contributed by atoms with Gasteiger partial charge in [-0.1, -0.05) is 17.7 Å². The molecule has 0 saturated heterocycles. The van der Waals surface area contributed by atoms with E-state index >= 15 is 0 Å². The summed E-state index contributed by atoms with van der Waals surface area (Å²) in [6.45, 7) is 0. The van der Waals surface area contributed by atoms with Crippen LogP contribution in [0.3, 0.4) is 0 Å². The van der Waals surface area contributed by atoms with Crippen molar-refractivity contribution in [2.24, 2.45) is 0 Å². The Morgan fingerprint density at radius 3 is 2.24 bits per heavy atom. The highest BCUT2D eigenvalue weighted by Gasteiger charge is 2.41. The van der Waals surface area contributed by atoms with Crippen molar-refractivity contribution in [2.75, 3.05) is 14.2 Å². The minimum absolute atomic E-state index is 0.0463. The summed E-state index contributed by atoms with van der Waals surface area (Å²) >= 11 is 5.73. The van der Waals surface area contributed by atoms with Crippen LogP contribution in [0.15, 0.2) is 12.1 Å². The van der Waals surface area contributed by atoms with E-state index in [0.717, 1.165) is 6.07 Å². The summed E-state index contributed by atoms with van der Waals surface area (Å²) in [6.07, 6.45) is -7.45. The molecule has 0 radical (unpaired) electrons. The van der Waals surface area contributed by atoms with Gasteiger partial charge in [-0.15, -0.1) is 0 Å². The summed E-state index contributed by atoms with van der Waals surface area (Å²) in [6, 6.07) is 2.29. The summed E-state index contributed by atoms with van der Waals surface area (Å²) < 4.78 is 46.8. The predicted molar refractivity (Wildman–Crippen MR) is 55.6 cm³/mol. The Kier molecular flexibility index (Phi) is 4.11. The predicted octanol–water partition coefficient (Wildman–Crippen LogP) is 2.95. The zero-order valence-electron chi connectivity index (χ0n) is 9.01. The van der Waals surface area contributed by atoms with E-state index in [9.17, 15) is 13.2 Å². The van der Waals surface area contributed by atoms with Crippen LogP contribution < -0.4 is 9.47 Å². The van der Waals surface area contributed by atoms with E-state index in [-0.39, 0.29) is 16.5 Å². The van der Waals surface area contributed by atoms with Crippen LogP contribution >= 0.6 is 11.6 Å². The molecule has 0 saturated carbocycles. The Morgan fingerprint density at radius 2 is 1.82 bits per heavy atom. The maximum absolute atomic E-state index is 12.4. The van der Waals surface area contributed by atoms with Crippen LogP contribution in [0.1, 0.15) is 11.7 Å². The molecule has 1 rings (SSSR count). The Balaban J connectivity index is 3.29. The Morgan fingerprint density at radius 1 is 1.24 bits per heavy atom. The first-order valence-electron chi connectivity index (χ1n) is 4.48. The second kappa shape index (κ2) is 5.01. The molecule has 0 aromatic heterocycles. The Bertz CT molecular complexity index is 407. The van der Waals surface area contributed by atoms with Crippen molar-refractivity contribution >= 4 is 11.6 Å². The fourth-order valence-corrected chi connectivity index (χ4v) is 1.63. The highest BCUT2D eigenvalue weighted by molar-refractivity contribution is 6.33. The van der Waals surface area contributed by atoms with Gasteiger partial charge in [-0.2, -0.15) is 13.2 Å². The van der Waals surface area contributed by atoms with E-state index in [1.165, 1.54) is 20.3 Å². The topological polar surface area (TPSA) is 38.7 Å². The smallest absolute Gasteiger partial charge is 0.418 e. The van der Waals surface area contributed by atoms with Gasteiger partial charge < -0.3 is 14.6 Å². The number of benzene rings is 1. The van der Waals surface area contributed by atoms with Crippen LogP contribution in [0.25, 0.3) is 0 Å². The van der Waals surface area contributed by atoms with Gasteiger partial charge in [0, 0.05) is 5.56 Å². The molecule has 1 atom stereocenters. The van der Waals surface area contributed by atoms with Gasteiger partial charge in [0.1, 0.15) is 0 Å². The van der Waals surface area contributed by atoms with E-state index in [1.807, 2.05) is 0 Å². The van der Waals surface area contributed by atoms with Crippen LogP contribution in [0.4, 0.5) is 13.2 Å². The fraction of sp³-hybridized carbons (Fsp3) is 0.400. The normalized spacial score (nSPS) is 13.4. The number of ether oxygens (including phenoxy) is 2. The number of hydrogen-bond donors (Lipinski definition) is 1. The first-order chi connectivity index (χ1) is 7.82. The maximum Gasteiger partial charge on any atom is 0.418 e. The monoisotopic (exact) mass is 270 g/mol. The van der Waals surface area contributed by atoms with Gasteiger partial charge in [-0.05, 0) is 6.07 Å². The molecule has 3 nitrogen and oxygen atoms in total. The van der Waals surface area contributed by atoms with E-state index in [0.29, 0.717) is 0 Å². The van der Waals surface area contributed by atoms with Gasteiger partial charge in [0.2, 0.25) is 0 Å². The number of halogens is 4. The summed E-state index contributed by atoms with van der Waals surface area (Å²) in [5.74, 6) is 0.144. The molecule has 0 aliphatic rings. The van der Waals surface area contributed by atoms with E-state index < -0.39 is 17.8 Å². The van der Waals surface area contributed by atoms with Gasteiger partial charge in [0.05, 0.1) is 19.2 Å². The van der Waals surface area contributed by atoms with Crippen LogP contribution in [0.2, 0.25) is 5.02 Å². The molecule has 0 aliphatic carbocycles. The average molecular weight is 271 g/mol. The second-order valence-electron chi connectivity index (χ2n) is 3.15.